The number of benzene rings is 2. The monoisotopic (exact) mass is 363 g/mol. The van der Waals surface area contributed by atoms with E-state index in [1.165, 1.54) is 0 Å². The van der Waals surface area contributed by atoms with Crippen LogP contribution in [-0.2, 0) is 16.1 Å². The van der Waals surface area contributed by atoms with Gasteiger partial charge >= 0.3 is 0 Å². The van der Waals surface area contributed by atoms with Gasteiger partial charge in [-0.25, -0.2) is 0 Å². The van der Waals surface area contributed by atoms with E-state index >= 15 is 0 Å². The molecule has 27 heavy (non-hydrogen) atoms. The first-order valence-corrected chi connectivity index (χ1v) is 8.93. The van der Waals surface area contributed by atoms with Gasteiger partial charge in [0.2, 0.25) is 11.8 Å². The highest BCUT2D eigenvalue weighted by atomic mass is 16.5. The highest BCUT2D eigenvalue weighted by Crippen LogP contribution is 2.32. The summed E-state index contributed by atoms with van der Waals surface area (Å²) in [6.45, 7) is 0.768. The number of aromatic amines is 1. The number of amides is 2. The first kappa shape index (κ1) is 17.1. The fourth-order valence-electron chi connectivity index (χ4n) is 3.52. The van der Waals surface area contributed by atoms with Crippen molar-refractivity contribution < 1.29 is 14.3 Å². The highest BCUT2D eigenvalue weighted by molar-refractivity contribution is 6.01. The van der Waals surface area contributed by atoms with Gasteiger partial charge in [-0.1, -0.05) is 30.3 Å². The van der Waals surface area contributed by atoms with Crippen molar-refractivity contribution in [3.8, 4) is 5.75 Å². The van der Waals surface area contributed by atoms with Gasteiger partial charge in [0.1, 0.15) is 5.75 Å². The summed E-state index contributed by atoms with van der Waals surface area (Å²) in [5.74, 6) is 0.0847. The van der Waals surface area contributed by atoms with Gasteiger partial charge in [0.25, 0.3) is 0 Å². The molecule has 2 N–H and O–H groups in total. The van der Waals surface area contributed by atoms with Crippen LogP contribution in [-0.4, -0.2) is 30.5 Å². The van der Waals surface area contributed by atoms with Gasteiger partial charge in [0.15, 0.2) is 0 Å². The van der Waals surface area contributed by atoms with Crippen molar-refractivity contribution in [2.24, 2.45) is 5.92 Å². The minimum atomic E-state index is -0.369. The number of anilines is 1. The zero-order valence-corrected chi connectivity index (χ0v) is 15.1. The lowest BCUT2D eigenvalue weighted by Gasteiger charge is -2.19. The molecule has 6 heteroatoms. The summed E-state index contributed by atoms with van der Waals surface area (Å²) in [4.78, 5) is 29.9. The van der Waals surface area contributed by atoms with E-state index in [9.17, 15) is 9.59 Å². The van der Waals surface area contributed by atoms with Gasteiger partial charge < -0.3 is 19.9 Å². The van der Waals surface area contributed by atoms with Gasteiger partial charge in [-0.05, 0) is 29.7 Å². The average Bonchev–Trinajstić information content (AvgIpc) is 3.29. The standard InChI is InChI=1S/C21H21N3O3/c1-27-19-9-5-4-8-18(19)24-13-15(11-20(24)25)21(26)22-12-16-10-14-6-2-3-7-17(14)23-16/h2-10,15,23H,11-13H2,1H3,(H,22,26)/t15-/m1/s1. The van der Waals surface area contributed by atoms with Crippen molar-refractivity contribution in [2.45, 2.75) is 13.0 Å². The lowest BCUT2D eigenvalue weighted by atomic mass is 10.1. The molecule has 1 saturated heterocycles. The molecule has 0 saturated carbocycles. The number of carbonyl (C=O) groups is 2. The second-order valence-corrected chi connectivity index (χ2v) is 6.68. The minimum Gasteiger partial charge on any atom is -0.495 e. The zero-order chi connectivity index (χ0) is 18.8. The van der Waals surface area contributed by atoms with Crippen molar-refractivity contribution in [3.05, 3.63) is 60.3 Å². The molecule has 1 aliphatic heterocycles. The first-order chi connectivity index (χ1) is 13.2. The molecule has 2 amide bonds. The Bertz CT molecular complexity index is 962. The van der Waals surface area contributed by atoms with Crippen molar-refractivity contribution in [1.82, 2.24) is 10.3 Å². The summed E-state index contributed by atoms with van der Waals surface area (Å²) in [6, 6.07) is 17.4. The largest absolute Gasteiger partial charge is 0.495 e. The van der Waals surface area contributed by atoms with Gasteiger partial charge in [-0.3, -0.25) is 9.59 Å². The van der Waals surface area contributed by atoms with Gasteiger partial charge in [-0.2, -0.15) is 0 Å². The van der Waals surface area contributed by atoms with E-state index in [2.05, 4.69) is 10.3 Å². The van der Waals surface area contributed by atoms with Crippen LogP contribution in [0.15, 0.2) is 54.6 Å². The van der Waals surface area contributed by atoms with Crippen LogP contribution < -0.4 is 15.0 Å². The molecule has 6 nitrogen and oxygen atoms in total. The number of nitrogens with one attached hydrogen (secondary N) is 2. The van der Waals surface area contributed by atoms with Gasteiger partial charge in [0.05, 0.1) is 25.3 Å². The Kier molecular flexibility index (Phi) is 4.54. The topological polar surface area (TPSA) is 74.4 Å². The molecule has 0 radical (unpaired) electrons. The molecule has 2 heterocycles. The van der Waals surface area contributed by atoms with E-state index in [0.29, 0.717) is 24.5 Å². The number of rotatable bonds is 5. The van der Waals surface area contributed by atoms with E-state index in [-0.39, 0.29) is 24.2 Å². The molecule has 2 aromatic carbocycles. The predicted octanol–water partition coefficient (Wildman–Crippen LogP) is 2.85. The Morgan fingerprint density at radius 1 is 1.22 bits per heavy atom. The molecule has 1 fully saturated rings. The third-order valence-corrected chi connectivity index (χ3v) is 4.91. The molecule has 138 valence electrons. The zero-order valence-electron chi connectivity index (χ0n) is 15.1. The molecule has 1 aliphatic rings. The number of H-pyrrole nitrogens is 1. The Balaban J connectivity index is 1.41. The summed E-state index contributed by atoms with van der Waals surface area (Å²) in [7, 11) is 1.57. The normalized spacial score (nSPS) is 16.7. The second kappa shape index (κ2) is 7.15. The van der Waals surface area contributed by atoms with Gasteiger partial charge in [0, 0.05) is 24.2 Å². The molecular weight excluding hydrogens is 342 g/mol. The fourth-order valence-corrected chi connectivity index (χ4v) is 3.52. The number of carbonyl (C=O) groups excluding carboxylic acids is 2. The summed E-state index contributed by atoms with van der Waals surface area (Å²) in [5.41, 5.74) is 2.69. The number of hydrogen-bond acceptors (Lipinski definition) is 3. The number of fused-ring (bicyclic) bond motifs is 1. The van der Waals surface area contributed by atoms with Gasteiger partial charge in [-0.15, -0.1) is 0 Å². The number of methoxy groups -OCH3 is 1. The molecule has 0 unspecified atom stereocenters. The molecule has 3 aromatic rings. The Hall–Kier alpha value is -3.28. The van der Waals surface area contributed by atoms with Crippen LogP contribution >= 0.6 is 0 Å². The maximum absolute atomic E-state index is 12.6. The average molecular weight is 363 g/mol. The third-order valence-electron chi connectivity index (χ3n) is 4.91. The molecule has 0 aliphatic carbocycles. The molecule has 0 bridgehead atoms. The fraction of sp³-hybridized carbons (Fsp3) is 0.238. The van der Waals surface area contributed by atoms with Crippen molar-refractivity contribution in [2.75, 3.05) is 18.6 Å². The van der Waals surface area contributed by atoms with Crippen molar-refractivity contribution in [3.63, 3.8) is 0 Å². The number of hydrogen-bond donors (Lipinski definition) is 2. The maximum Gasteiger partial charge on any atom is 0.227 e. The summed E-state index contributed by atoms with van der Waals surface area (Å²) >= 11 is 0. The lowest BCUT2D eigenvalue weighted by Crippen LogP contribution is -2.32. The van der Waals surface area contributed by atoms with Crippen LogP contribution in [0.3, 0.4) is 0 Å². The van der Waals surface area contributed by atoms with E-state index < -0.39 is 0 Å². The molecule has 1 atom stereocenters. The van der Waals surface area contributed by atoms with E-state index in [0.717, 1.165) is 16.6 Å². The maximum atomic E-state index is 12.6. The molecular formula is C21H21N3O3. The Labute approximate surface area is 157 Å². The number of aromatic nitrogens is 1. The van der Waals surface area contributed by atoms with Crippen LogP contribution in [0.5, 0.6) is 5.75 Å². The number of para-hydroxylation sites is 3. The van der Waals surface area contributed by atoms with Crippen LogP contribution in [0.4, 0.5) is 5.69 Å². The SMILES string of the molecule is COc1ccccc1N1C[C@H](C(=O)NCc2cc3ccccc3[nH]2)CC1=O. The van der Waals surface area contributed by atoms with Crippen LogP contribution in [0.2, 0.25) is 0 Å². The molecule has 0 spiro atoms. The number of nitrogens with zero attached hydrogens (tertiary/aromatic N) is 1. The van der Waals surface area contributed by atoms with E-state index in [1.807, 2.05) is 54.6 Å². The van der Waals surface area contributed by atoms with Crippen LogP contribution in [0, 0.1) is 5.92 Å². The van der Waals surface area contributed by atoms with Crippen molar-refractivity contribution >= 4 is 28.4 Å². The Morgan fingerprint density at radius 2 is 2.00 bits per heavy atom. The Morgan fingerprint density at radius 3 is 2.81 bits per heavy atom. The third kappa shape index (κ3) is 3.38. The predicted molar refractivity (Wildman–Crippen MR) is 104 cm³/mol. The first-order valence-electron chi connectivity index (χ1n) is 8.93. The van der Waals surface area contributed by atoms with E-state index in [4.69, 9.17) is 4.74 Å². The van der Waals surface area contributed by atoms with E-state index in [1.54, 1.807) is 12.0 Å². The summed E-state index contributed by atoms with van der Waals surface area (Å²) < 4.78 is 5.34. The quantitative estimate of drug-likeness (QED) is 0.732. The minimum absolute atomic E-state index is 0.0646. The molecule has 1 aromatic heterocycles. The molecule has 4 rings (SSSR count). The van der Waals surface area contributed by atoms with Crippen LogP contribution in [0.25, 0.3) is 10.9 Å². The summed E-state index contributed by atoms with van der Waals surface area (Å²) in [6.07, 6.45) is 0.205. The highest BCUT2D eigenvalue weighted by Gasteiger charge is 2.36. The number of ether oxygens (including phenoxy) is 1. The summed E-state index contributed by atoms with van der Waals surface area (Å²) in [5, 5.41) is 4.05. The van der Waals surface area contributed by atoms with Crippen LogP contribution in [0.1, 0.15) is 12.1 Å². The second-order valence-electron chi connectivity index (χ2n) is 6.68. The van der Waals surface area contributed by atoms with Crippen molar-refractivity contribution in [1.29, 1.82) is 0 Å². The lowest BCUT2D eigenvalue weighted by molar-refractivity contribution is -0.126. The smallest absolute Gasteiger partial charge is 0.227 e.